The van der Waals surface area contributed by atoms with Crippen molar-refractivity contribution in [2.75, 3.05) is 37.0 Å². The molecule has 1 amide bonds. The molecule has 0 bridgehead atoms. The van der Waals surface area contributed by atoms with Gasteiger partial charge in [0.1, 0.15) is 17.2 Å². The number of anilines is 1. The zero-order chi connectivity index (χ0) is 28.2. The molecule has 1 aliphatic rings. The number of aromatic hydroxyl groups is 1. The van der Waals surface area contributed by atoms with Crippen molar-refractivity contribution >= 4 is 54.1 Å². The summed E-state index contributed by atoms with van der Waals surface area (Å²) < 4.78 is 79.1. The third-order valence-corrected chi connectivity index (χ3v) is 8.34. The summed E-state index contributed by atoms with van der Waals surface area (Å²) in [6, 6.07) is 3.31. The van der Waals surface area contributed by atoms with E-state index < -0.39 is 43.3 Å². The lowest BCUT2D eigenvalue weighted by Crippen LogP contribution is -2.34. The van der Waals surface area contributed by atoms with E-state index in [9.17, 15) is 35.5 Å². The molecule has 0 saturated carbocycles. The van der Waals surface area contributed by atoms with Gasteiger partial charge in [0.2, 0.25) is 20.0 Å². The molecular formula is C23H23ClF2N4O6S2. The van der Waals surface area contributed by atoms with Gasteiger partial charge in [-0.15, -0.1) is 0 Å². The number of rotatable bonds is 8. The Hall–Kier alpha value is -3.07. The lowest BCUT2D eigenvalue weighted by atomic mass is 9.98. The van der Waals surface area contributed by atoms with E-state index in [0.29, 0.717) is 11.6 Å². The molecule has 2 N–H and O–H groups in total. The lowest BCUT2D eigenvalue weighted by molar-refractivity contribution is 0.0779. The third-order valence-electron chi connectivity index (χ3n) is 6.14. The summed E-state index contributed by atoms with van der Waals surface area (Å²) in [7, 11) is -6.09. The van der Waals surface area contributed by atoms with Gasteiger partial charge in [-0.05, 0) is 23.3 Å². The smallest absolute Gasteiger partial charge is 0.258 e. The Kier molecular flexibility index (Phi) is 7.29. The Morgan fingerprint density at radius 2 is 1.84 bits per heavy atom. The minimum Gasteiger partial charge on any atom is -0.505 e. The number of pyridine rings is 1. The predicted molar refractivity (Wildman–Crippen MR) is 138 cm³/mol. The van der Waals surface area contributed by atoms with Crippen LogP contribution in [-0.2, 0) is 33.0 Å². The Labute approximate surface area is 222 Å². The summed E-state index contributed by atoms with van der Waals surface area (Å²) >= 11 is 5.80. The molecule has 0 unspecified atom stereocenters. The monoisotopic (exact) mass is 588 g/mol. The molecule has 0 radical (unpaired) electrons. The number of hydrogen-bond donors (Lipinski definition) is 2. The van der Waals surface area contributed by atoms with E-state index in [2.05, 4.69) is 9.71 Å². The van der Waals surface area contributed by atoms with E-state index >= 15 is 0 Å². The normalized spacial score (nSPS) is 13.8. The Bertz CT molecular complexity index is 1700. The number of nitrogens with zero attached hydrogens (tertiary/aromatic N) is 3. The number of aromatic nitrogens is 1. The maximum Gasteiger partial charge on any atom is 0.258 e. The van der Waals surface area contributed by atoms with Crippen molar-refractivity contribution in [2.24, 2.45) is 0 Å². The largest absolute Gasteiger partial charge is 0.505 e. The average Bonchev–Trinajstić information content (AvgIpc) is 3.12. The van der Waals surface area contributed by atoms with E-state index in [4.69, 9.17) is 11.6 Å². The summed E-state index contributed by atoms with van der Waals surface area (Å²) in [6.45, 7) is -0.239. The Morgan fingerprint density at radius 3 is 2.47 bits per heavy atom. The highest BCUT2D eigenvalue weighted by Gasteiger charge is 2.37. The van der Waals surface area contributed by atoms with Crippen LogP contribution in [-0.4, -0.2) is 70.4 Å². The highest BCUT2D eigenvalue weighted by atomic mass is 35.5. The van der Waals surface area contributed by atoms with Crippen LogP contribution in [0.1, 0.15) is 27.0 Å². The van der Waals surface area contributed by atoms with Crippen molar-refractivity contribution < 1.29 is 35.5 Å². The summed E-state index contributed by atoms with van der Waals surface area (Å²) in [6.07, 6.45) is 3.19. The maximum absolute atomic E-state index is 14.4. The quantitative estimate of drug-likeness (QED) is 0.385. The van der Waals surface area contributed by atoms with Crippen LogP contribution >= 0.6 is 11.6 Å². The van der Waals surface area contributed by atoms with E-state index in [1.165, 1.54) is 24.2 Å². The number of phenols is 1. The molecule has 1 aliphatic heterocycles. The fourth-order valence-corrected chi connectivity index (χ4v) is 5.50. The SMILES string of the molecule is CN(c1c2c(c(O)c3ncc(Cc4cc(Cl)c(F)cc4F)cc13)C(=O)N(CCNS(C)(=O)=O)C2)S(C)(=O)=O. The number of nitrogens with one attached hydrogen (secondary N) is 1. The maximum atomic E-state index is 14.4. The van der Waals surface area contributed by atoms with Crippen LogP contribution in [0.4, 0.5) is 14.5 Å². The van der Waals surface area contributed by atoms with Crippen molar-refractivity contribution in [3.8, 4) is 5.75 Å². The molecule has 0 fully saturated rings. The fourth-order valence-electron chi connectivity index (χ4n) is 4.31. The zero-order valence-electron chi connectivity index (χ0n) is 20.4. The first-order chi connectivity index (χ1) is 17.6. The van der Waals surface area contributed by atoms with Crippen molar-refractivity contribution in [1.29, 1.82) is 0 Å². The molecule has 4 rings (SSSR count). The van der Waals surface area contributed by atoms with Gasteiger partial charge >= 0.3 is 0 Å². The van der Waals surface area contributed by atoms with Crippen molar-refractivity contribution in [2.45, 2.75) is 13.0 Å². The molecule has 2 heterocycles. The molecule has 15 heteroatoms. The number of fused-ring (bicyclic) bond motifs is 2. The number of phenolic OH excluding ortho intramolecular Hbond substituents is 1. The molecule has 3 aromatic rings. The van der Waals surface area contributed by atoms with Crippen molar-refractivity contribution in [3.05, 3.63) is 63.3 Å². The van der Waals surface area contributed by atoms with Gasteiger partial charge in [-0.25, -0.2) is 30.3 Å². The van der Waals surface area contributed by atoms with Crippen LogP contribution < -0.4 is 9.03 Å². The number of sulfonamides is 2. The van der Waals surface area contributed by atoms with Gasteiger partial charge in [0.25, 0.3) is 5.91 Å². The second kappa shape index (κ2) is 9.91. The van der Waals surface area contributed by atoms with Gasteiger partial charge in [0.15, 0.2) is 5.75 Å². The van der Waals surface area contributed by atoms with Crippen LogP contribution in [0.2, 0.25) is 5.02 Å². The second-order valence-corrected chi connectivity index (χ2v) is 13.2. The Morgan fingerprint density at radius 1 is 1.16 bits per heavy atom. The van der Waals surface area contributed by atoms with Crippen LogP contribution in [0.5, 0.6) is 5.75 Å². The molecule has 2 aromatic carbocycles. The summed E-state index contributed by atoms with van der Waals surface area (Å²) in [5.74, 6) is -2.83. The lowest BCUT2D eigenvalue weighted by Gasteiger charge is -2.23. The predicted octanol–water partition coefficient (Wildman–Crippen LogP) is 2.36. The number of benzene rings is 2. The number of hydrogen-bond acceptors (Lipinski definition) is 7. The van der Waals surface area contributed by atoms with Crippen LogP contribution in [0, 0.1) is 11.6 Å². The molecule has 10 nitrogen and oxygen atoms in total. The molecule has 0 saturated heterocycles. The van der Waals surface area contributed by atoms with Crippen molar-refractivity contribution in [1.82, 2.24) is 14.6 Å². The minimum absolute atomic E-state index is 0.0400. The van der Waals surface area contributed by atoms with Gasteiger partial charge in [-0.2, -0.15) is 0 Å². The van der Waals surface area contributed by atoms with E-state index in [1.807, 2.05) is 0 Å². The molecule has 0 spiro atoms. The van der Waals surface area contributed by atoms with Gasteiger partial charge in [-0.3, -0.25) is 14.1 Å². The molecule has 204 valence electrons. The first-order valence-electron chi connectivity index (χ1n) is 11.1. The topological polar surface area (TPSA) is 137 Å². The number of carbonyl (C=O) groups excluding carboxylic acids is 1. The van der Waals surface area contributed by atoms with Gasteiger partial charge in [0.05, 0.1) is 28.8 Å². The standard InChI is InChI=1S/C23H23ClF2N4O6S2/c1-29(38(3,35)36)21-14-7-12(6-13-8-16(24)18(26)9-17(13)25)10-27-20(14)22(31)19-15(21)11-30(23(19)32)5-4-28-37(2,33)34/h7-10,28,31H,4-6,11H2,1-3H3. The number of carbonyl (C=O) groups is 1. The van der Waals surface area contributed by atoms with E-state index in [-0.39, 0.29) is 64.4 Å². The first kappa shape index (κ1) is 28.0. The fraction of sp³-hybridized carbons (Fsp3) is 0.304. The number of halogens is 3. The Balaban J connectivity index is 1.85. The van der Waals surface area contributed by atoms with E-state index in [1.54, 1.807) is 0 Å². The second-order valence-electron chi connectivity index (χ2n) is 8.95. The molecule has 38 heavy (non-hydrogen) atoms. The average molecular weight is 589 g/mol. The molecule has 0 aliphatic carbocycles. The highest BCUT2D eigenvalue weighted by molar-refractivity contribution is 7.92. The summed E-state index contributed by atoms with van der Waals surface area (Å²) in [4.78, 5) is 18.7. The first-order valence-corrected chi connectivity index (χ1v) is 15.2. The van der Waals surface area contributed by atoms with Crippen LogP contribution in [0.3, 0.4) is 0 Å². The summed E-state index contributed by atoms with van der Waals surface area (Å²) in [5, 5.41) is 10.9. The van der Waals surface area contributed by atoms with Gasteiger partial charge in [0, 0.05) is 56.3 Å². The molecule has 0 atom stereocenters. The van der Waals surface area contributed by atoms with Crippen LogP contribution in [0.25, 0.3) is 10.9 Å². The van der Waals surface area contributed by atoms with E-state index in [0.717, 1.165) is 22.9 Å². The zero-order valence-corrected chi connectivity index (χ0v) is 22.8. The van der Waals surface area contributed by atoms with Crippen LogP contribution in [0.15, 0.2) is 24.4 Å². The van der Waals surface area contributed by atoms with Gasteiger partial charge < -0.3 is 10.0 Å². The van der Waals surface area contributed by atoms with Crippen molar-refractivity contribution in [3.63, 3.8) is 0 Å². The molecule has 1 aromatic heterocycles. The van der Waals surface area contributed by atoms with Gasteiger partial charge in [-0.1, -0.05) is 11.6 Å². The third kappa shape index (κ3) is 5.39. The minimum atomic E-state index is -3.86. The highest BCUT2D eigenvalue weighted by Crippen LogP contribution is 2.44. The number of amides is 1. The summed E-state index contributed by atoms with van der Waals surface area (Å²) in [5.41, 5.74) is 0.580. The molecular weight excluding hydrogens is 566 g/mol.